The van der Waals surface area contributed by atoms with Crippen molar-refractivity contribution in [1.29, 1.82) is 0 Å². The topological polar surface area (TPSA) is 85.0 Å². The number of rotatable bonds is 4. The van der Waals surface area contributed by atoms with Crippen molar-refractivity contribution in [3.63, 3.8) is 0 Å². The van der Waals surface area contributed by atoms with Gasteiger partial charge in [-0.15, -0.1) is 0 Å². The summed E-state index contributed by atoms with van der Waals surface area (Å²) in [6.07, 6.45) is -0.888. The number of ether oxygens (including phenoxy) is 2. The van der Waals surface area contributed by atoms with Crippen molar-refractivity contribution in [1.82, 2.24) is 4.90 Å². The van der Waals surface area contributed by atoms with Crippen molar-refractivity contribution < 1.29 is 19.4 Å². The normalized spacial score (nSPS) is 23.9. The lowest BCUT2D eigenvalue weighted by molar-refractivity contribution is -0.150. The van der Waals surface area contributed by atoms with Gasteiger partial charge in [0, 0.05) is 26.7 Å². The van der Waals surface area contributed by atoms with Gasteiger partial charge in [0.1, 0.15) is 6.10 Å². The molecule has 2 atom stereocenters. The van der Waals surface area contributed by atoms with E-state index >= 15 is 0 Å². The van der Waals surface area contributed by atoms with Gasteiger partial charge in [0.25, 0.3) is 5.91 Å². The largest absolute Gasteiger partial charge is 0.394 e. The fourth-order valence-corrected chi connectivity index (χ4v) is 1.53. The third kappa shape index (κ3) is 3.13. The van der Waals surface area contributed by atoms with Crippen LogP contribution in [0, 0.1) is 0 Å². The van der Waals surface area contributed by atoms with Crippen LogP contribution in [0.5, 0.6) is 0 Å². The summed E-state index contributed by atoms with van der Waals surface area (Å²) < 4.78 is 10.2. The summed E-state index contributed by atoms with van der Waals surface area (Å²) in [5, 5.41) is 8.92. The molecule has 1 saturated heterocycles. The Bertz CT molecular complexity index is 208. The molecule has 0 aliphatic carbocycles. The molecule has 1 fully saturated rings. The van der Waals surface area contributed by atoms with E-state index in [-0.39, 0.29) is 25.2 Å². The summed E-state index contributed by atoms with van der Waals surface area (Å²) >= 11 is 0. The molecule has 2 unspecified atom stereocenters. The number of hydrogen-bond donors (Lipinski definition) is 2. The molecule has 88 valence electrons. The van der Waals surface area contributed by atoms with Gasteiger partial charge in [0.05, 0.1) is 19.3 Å². The van der Waals surface area contributed by atoms with Crippen LogP contribution in [0.1, 0.15) is 0 Å². The van der Waals surface area contributed by atoms with Crippen molar-refractivity contribution >= 4 is 5.91 Å². The van der Waals surface area contributed by atoms with E-state index in [1.54, 1.807) is 4.90 Å². The summed E-state index contributed by atoms with van der Waals surface area (Å²) in [6.45, 7) is 1.45. The van der Waals surface area contributed by atoms with Crippen molar-refractivity contribution in [2.24, 2.45) is 5.73 Å². The molecule has 1 heterocycles. The molecular formula is C9H18N2O4. The minimum atomic E-state index is -0.595. The van der Waals surface area contributed by atoms with Crippen LogP contribution in [0.25, 0.3) is 0 Å². The first-order valence-corrected chi connectivity index (χ1v) is 4.97. The molecule has 0 aromatic heterocycles. The highest BCUT2D eigenvalue weighted by atomic mass is 16.5. The van der Waals surface area contributed by atoms with Crippen molar-refractivity contribution in [2.45, 2.75) is 12.2 Å². The molecule has 0 radical (unpaired) electrons. The zero-order chi connectivity index (χ0) is 11.3. The number of carbonyl (C=O) groups excluding carboxylic acids is 1. The van der Waals surface area contributed by atoms with E-state index in [4.69, 9.17) is 20.3 Å². The van der Waals surface area contributed by atoms with Gasteiger partial charge >= 0.3 is 0 Å². The Morgan fingerprint density at radius 3 is 3.07 bits per heavy atom. The molecule has 1 aliphatic rings. The Labute approximate surface area is 88.9 Å². The highest BCUT2D eigenvalue weighted by molar-refractivity contribution is 5.81. The number of carbonyl (C=O) groups is 1. The molecule has 3 N–H and O–H groups in total. The molecular weight excluding hydrogens is 200 g/mol. The first-order chi connectivity index (χ1) is 7.22. The van der Waals surface area contributed by atoms with E-state index in [1.165, 1.54) is 7.11 Å². The number of nitrogens with zero attached hydrogens (tertiary/aromatic N) is 1. The maximum Gasteiger partial charge on any atom is 0.253 e. The number of morpholine rings is 1. The smallest absolute Gasteiger partial charge is 0.253 e. The van der Waals surface area contributed by atoms with Crippen molar-refractivity contribution in [3.8, 4) is 0 Å². The summed E-state index contributed by atoms with van der Waals surface area (Å²) in [6, 6.07) is 0. The number of hydrogen-bond acceptors (Lipinski definition) is 5. The summed E-state index contributed by atoms with van der Waals surface area (Å²) in [5.41, 5.74) is 5.40. The molecule has 6 nitrogen and oxygen atoms in total. The lowest BCUT2D eigenvalue weighted by atomic mass is 10.2. The Morgan fingerprint density at radius 1 is 1.80 bits per heavy atom. The second-order valence-corrected chi connectivity index (χ2v) is 3.42. The van der Waals surface area contributed by atoms with Gasteiger partial charge < -0.3 is 25.2 Å². The SMILES string of the molecule is COC(CN)C(=O)N1CCOC(CO)C1. The first-order valence-electron chi connectivity index (χ1n) is 4.97. The second-order valence-electron chi connectivity index (χ2n) is 3.42. The van der Waals surface area contributed by atoms with Gasteiger partial charge in [-0.3, -0.25) is 4.79 Å². The molecule has 0 spiro atoms. The molecule has 1 rings (SSSR count). The molecule has 0 saturated carbocycles. The summed E-state index contributed by atoms with van der Waals surface area (Å²) in [5.74, 6) is -0.137. The van der Waals surface area contributed by atoms with Gasteiger partial charge in [0.2, 0.25) is 0 Å². The fraction of sp³-hybridized carbons (Fsp3) is 0.889. The third-order valence-corrected chi connectivity index (χ3v) is 2.43. The van der Waals surface area contributed by atoms with Gasteiger partial charge in [-0.25, -0.2) is 0 Å². The Balaban J connectivity index is 2.51. The van der Waals surface area contributed by atoms with Gasteiger partial charge in [0.15, 0.2) is 0 Å². The zero-order valence-electron chi connectivity index (χ0n) is 8.89. The van der Waals surface area contributed by atoms with Crippen LogP contribution in [0.4, 0.5) is 0 Å². The number of nitrogens with two attached hydrogens (primary N) is 1. The lowest BCUT2D eigenvalue weighted by Crippen LogP contribution is -2.52. The highest BCUT2D eigenvalue weighted by Gasteiger charge is 2.28. The van der Waals surface area contributed by atoms with Crippen LogP contribution in [0.3, 0.4) is 0 Å². The highest BCUT2D eigenvalue weighted by Crippen LogP contribution is 2.07. The molecule has 0 aromatic rings. The Hall–Kier alpha value is -0.690. The van der Waals surface area contributed by atoms with E-state index < -0.39 is 6.10 Å². The molecule has 6 heteroatoms. The molecule has 0 bridgehead atoms. The maximum absolute atomic E-state index is 11.8. The molecule has 1 aliphatic heterocycles. The summed E-state index contributed by atoms with van der Waals surface area (Å²) in [7, 11) is 1.46. The monoisotopic (exact) mass is 218 g/mol. The van der Waals surface area contributed by atoms with Crippen LogP contribution in [-0.2, 0) is 14.3 Å². The average Bonchev–Trinajstić information content (AvgIpc) is 2.30. The quantitative estimate of drug-likeness (QED) is 0.580. The third-order valence-electron chi connectivity index (χ3n) is 2.43. The zero-order valence-corrected chi connectivity index (χ0v) is 8.89. The van der Waals surface area contributed by atoms with Crippen LogP contribution in [0.2, 0.25) is 0 Å². The van der Waals surface area contributed by atoms with E-state index in [9.17, 15) is 4.79 Å². The summed E-state index contributed by atoms with van der Waals surface area (Å²) in [4.78, 5) is 13.4. The minimum Gasteiger partial charge on any atom is -0.394 e. The van der Waals surface area contributed by atoms with Crippen molar-refractivity contribution in [3.05, 3.63) is 0 Å². The van der Waals surface area contributed by atoms with E-state index in [2.05, 4.69) is 0 Å². The fourth-order valence-electron chi connectivity index (χ4n) is 1.53. The molecule has 0 aromatic carbocycles. The van der Waals surface area contributed by atoms with Crippen LogP contribution < -0.4 is 5.73 Å². The number of aliphatic hydroxyl groups excluding tert-OH is 1. The Kier molecular flexibility index (Phi) is 4.97. The van der Waals surface area contributed by atoms with E-state index in [0.717, 1.165) is 0 Å². The average molecular weight is 218 g/mol. The number of amides is 1. The van der Waals surface area contributed by atoms with E-state index in [1.807, 2.05) is 0 Å². The van der Waals surface area contributed by atoms with Crippen LogP contribution in [-0.4, -0.2) is 68.1 Å². The van der Waals surface area contributed by atoms with Gasteiger partial charge in [-0.05, 0) is 0 Å². The number of methoxy groups -OCH3 is 1. The predicted molar refractivity (Wildman–Crippen MR) is 53.3 cm³/mol. The van der Waals surface area contributed by atoms with Crippen LogP contribution in [0.15, 0.2) is 0 Å². The maximum atomic E-state index is 11.8. The second kappa shape index (κ2) is 6.02. The molecule has 1 amide bonds. The number of aliphatic hydroxyl groups is 1. The lowest BCUT2D eigenvalue weighted by Gasteiger charge is -2.33. The Morgan fingerprint density at radius 2 is 2.53 bits per heavy atom. The minimum absolute atomic E-state index is 0.0793. The standard InChI is InChI=1S/C9H18N2O4/c1-14-8(4-10)9(13)11-2-3-15-7(5-11)6-12/h7-8,12H,2-6,10H2,1H3. The van der Waals surface area contributed by atoms with E-state index in [0.29, 0.717) is 19.7 Å². The van der Waals surface area contributed by atoms with Crippen molar-refractivity contribution in [2.75, 3.05) is 40.0 Å². The predicted octanol–water partition coefficient (Wildman–Crippen LogP) is -1.82. The van der Waals surface area contributed by atoms with Crippen LogP contribution >= 0.6 is 0 Å². The van der Waals surface area contributed by atoms with Gasteiger partial charge in [-0.2, -0.15) is 0 Å². The first kappa shape index (κ1) is 12.4. The molecule has 15 heavy (non-hydrogen) atoms. The van der Waals surface area contributed by atoms with Gasteiger partial charge in [-0.1, -0.05) is 0 Å².